The largest absolute Gasteiger partial charge is 0.634 e. The normalized spacial score (nSPS) is 14.1. The maximum Gasteiger partial charge on any atom is 0.634 e. The molecule has 0 radical (unpaired) electrons. The van der Waals surface area contributed by atoms with E-state index in [9.17, 15) is 4.79 Å². The second kappa shape index (κ2) is 10.5. The van der Waals surface area contributed by atoms with Crippen molar-refractivity contribution in [2.45, 2.75) is 6.42 Å². The van der Waals surface area contributed by atoms with Gasteiger partial charge in [-0.05, 0) is 35.9 Å². The summed E-state index contributed by atoms with van der Waals surface area (Å²) >= 11 is 0. The molecule has 1 aliphatic heterocycles. The Morgan fingerprint density at radius 2 is 1.62 bits per heavy atom. The summed E-state index contributed by atoms with van der Waals surface area (Å²) in [6.45, 7) is 4.84. The number of hydrogen-bond donors (Lipinski definition) is 1. The van der Waals surface area contributed by atoms with Crippen molar-refractivity contribution in [2.24, 2.45) is 0 Å². The average Bonchev–Trinajstić information content (AvgIpc) is 2.80. The molecular formula is C25H24BNO5. The Kier molecular flexibility index (Phi) is 7.10. The third-order valence-electron chi connectivity index (χ3n) is 4.84. The zero-order valence-electron chi connectivity index (χ0n) is 17.7. The van der Waals surface area contributed by atoms with Crippen molar-refractivity contribution >= 4 is 18.6 Å². The molecule has 3 aromatic rings. The Morgan fingerprint density at radius 3 is 2.44 bits per heavy atom. The molecule has 1 aliphatic rings. The highest BCUT2D eigenvalue weighted by Gasteiger charge is 2.30. The van der Waals surface area contributed by atoms with Crippen molar-refractivity contribution in [1.82, 2.24) is 5.32 Å². The molecule has 1 heterocycles. The highest BCUT2D eigenvalue weighted by Crippen LogP contribution is 2.25. The van der Waals surface area contributed by atoms with Gasteiger partial charge in [-0.1, -0.05) is 55.1 Å². The van der Waals surface area contributed by atoms with Gasteiger partial charge in [0.25, 0.3) is 0 Å². The first-order valence-corrected chi connectivity index (χ1v) is 10.5. The molecule has 1 saturated heterocycles. The van der Waals surface area contributed by atoms with Crippen molar-refractivity contribution in [1.29, 1.82) is 0 Å². The second-order valence-corrected chi connectivity index (χ2v) is 7.27. The van der Waals surface area contributed by atoms with E-state index in [0.717, 1.165) is 22.5 Å². The third-order valence-corrected chi connectivity index (χ3v) is 4.84. The summed E-state index contributed by atoms with van der Waals surface area (Å²) in [4.78, 5) is 11.8. The molecule has 0 bridgehead atoms. The fraction of sp³-hybridized carbons (Fsp3) is 0.160. The van der Waals surface area contributed by atoms with E-state index in [2.05, 4.69) is 11.9 Å². The lowest BCUT2D eigenvalue weighted by Crippen LogP contribution is -2.44. The van der Waals surface area contributed by atoms with Crippen LogP contribution in [-0.2, 0) is 20.5 Å². The molecule has 0 unspecified atom stereocenters. The van der Waals surface area contributed by atoms with Crippen LogP contribution in [0, 0.1) is 0 Å². The summed E-state index contributed by atoms with van der Waals surface area (Å²) in [5, 5.41) is 2.89. The first kappa shape index (κ1) is 21.5. The molecule has 0 spiro atoms. The van der Waals surface area contributed by atoms with Crippen LogP contribution in [0.5, 0.6) is 17.2 Å². The van der Waals surface area contributed by atoms with Crippen LogP contribution in [0.1, 0.15) is 5.56 Å². The predicted molar refractivity (Wildman–Crippen MR) is 123 cm³/mol. The molecule has 0 saturated carbocycles. The molecule has 0 atom stereocenters. The Labute approximate surface area is 187 Å². The number of carbonyl (C=O) groups excluding carboxylic acids is 1. The van der Waals surface area contributed by atoms with E-state index in [0.29, 0.717) is 31.1 Å². The van der Waals surface area contributed by atoms with Crippen molar-refractivity contribution < 1.29 is 23.6 Å². The summed E-state index contributed by atoms with van der Waals surface area (Å²) in [6, 6.07) is 24.9. The number of para-hydroxylation sites is 2. The Bertz CT molecular complexity index is 1040. The van der Waals surface area contributed by atoms with Gasteiger partial charge in [0, 0.05) is 11.9 Å². The monoisotopic (exact) mass is 429 g/mol. The van der Waals surface area contributed by atoms with Crippen LogP contribution < -0.4 is 20.3 Å². The highest BCUT2D eigenvalue weighted by molar-refractivity contribution is 6.63. The van der Waals surface area contributed by atoms with Gasteiger partial charge in [-0.25, -0.2) is 0 Å². The van der Waals surface area contributed by atoms with Crippen LogP contribution in [-0.4, -0.2) is 32.8 Å². The number of ether oxygens (including phenoxy) is 2. The zero-order chi connectivity index (χ0) is 22.2. The van der Waals surface area contributed by atoms with E-state index < -0.39 is 7.12 Å². The minimum Gasteiger partial charge on any atom is -0.525 e. The summed E-state index contributed by atoms with van der Waals surface area (Å²) in [6.07, 6.45) is 0.695. The van der Waals surface area contributed by atoms with Gasteiger partial charge in [-0.2, -0.15) is 0 Å². The number of hydrogen-bond acceptors (Lipinski definition) is 6. The van der Waals surface area contributed by atoms with Gasteiger partial charge in [-0.3, -0.25) is 4.79 Å². The molecule has 162 valence electrons. The number of benzene rings is 3. The standard InChI is InChI=1S/C25H24BNO5/c1-19-17-27-18-25(28)32-26(31-19)21-11-13-22(14-12-21)29-16-15-20-7-5-6-10-24(20)30-23-8-3-2-4-9-23/h2-14,27H,1,15-18H2. The van der Waals surface area contributed by atoms with Crippen molar-refractivity contribution in [2.75, 3.05) is 19.7 Å². The quantitative estimate of drug-likeness (QED) is 0.581. The first-order valence-electron chi connectivity index (χ1n) is 10.5. The third kappa shape index (κ3) is 5.92. The molecule has 0 aliphatic carbocycles. The molecule has 32 heavy (non-hydrogen) atoms. The lowest BCUT2D eigenvalue weighted by atomic mass is 9.78. The molecule has 0 amide bonds. The minimum absolute atomic E-state index is 0.121. The lowest BCUT2D eigenvalue weighted by molar-refractivity contribution is -0.134. The van der Waals surface area contributed by atoms with E-state index in [4.69, 9.17) is 18.8 Å². The van der Waals surface area contributed by atoms with Gasteiger partial charge in [-0.15, -0.1) is 0 Å². The van der Waals surface area contributed by atoms with E-state index in [-0.39, 0.29) is 12.5 Å². The number of rotatable bonds is 7. The molecular weight excluding hydrogens is 405 g/mol. The summed E-state index contributed by atoms with van der Waals surface area (Å²) in [5.74, 6) is 2.47. The van der Waals surface area contributed by atoms with Crippen molar-refractivity contribution in [3.63, 3.8) is 0 Å². The predicted octanol–water partition coefficient (Wildman–Crippen LogP) is 3.47. The van der Waals surface area contributed by atoms with Crippen LogP contribution in [0.2, 0.25) is 0 Å². The average molecular weight is 429 g/mol. The zero-order valence-corrected chi connectivity index (χ0v) is 17.7. The van der Waals surface area contributed by atoms with Gasteiger partial charge in [0.05, 0.1) is 25.5 Å². The molecule has 1 N–H and O–H groups in total. The first-order chi connectivity index (χ1) is 15.7. The van der Waals surface area contributed by atoms with E-state index in [1.807, 2.05) is 78.9 Å². The van der Waals surface area contributed by atoms with Gasteiger partial charge >= 0.3 is 13.1 Å². The van der Waals surface area contributed by atoms with Crippen LogP contribution in [0.25, 0.3) is 0 Å². The molecule has 7 heteroatoms. The highest BCUT2D eigenvalue weighted by atomic mass is 16.6. The smallest absolute Gasteiger partial charge is 0.525 e. The van der Waals surface area contributed by atoms with E-state index in [1.54, 1.807) is 0 Å². The van der Waals surface area contributed by atoms with Crippen LogP contribution in [0.4, 0.5) is 0 Å². The number of carbonyl (C=O) groups is 1. The van der Waals surface area contributed by atoms with Gasteiger partial charge in [0.15, 0.2) is 0 Å². The summed E-state index contributed by atoms with van der Waals surface area (Å²) < 4.78 is 22.9. The second-order valence-electron chi connectivity index (χ2n) is 7.27. The van der Waals surface area contributed by atoms with Gasteiger partial charge in [0.2, 0.25) is 0 Å². The van der Waals surface area contributed by atoms with Crippen molar-refractivity contribution in [3.8, 4) is 17.2 Å². The Balaban J connectivity index is 1.34. The van der Waals surface area contributed by atoms with Crippen LogP contribution in [0.3, 0.4) is 0 Å². The van der Waals surface area contributed by atoms with Gasteiger partial charge < -0.3 is 24.1 Å². The Morgan fingerprint density at radius 1 is 0.875 bits per heavy atom. The molecule has 4 rings (SSSR count). The van der Waals surface area contributed by atoms with Crippen LogP contribution >= 0.6 is 0 Å². The fourth-order valence-corrected chi connectivity index (χ4v) is 3.24. The fourth-order valence-electron chi connectivity index (χ4n) is 3.24. The molecule has 1 fully saturated rings. The van der Waals surface area contributed by atoms with Crippen molar-refractivity contribution in [3.05, 3.63) is 96.8 Å². The summed E-state index contributed by atoms with van der Waals surface area (Å²) in [5.41, 5.74) is 1.78. The van der Waals surface area contributed by atoms with E-state index in [1.165, 1.54) is 0 Å². The molecule has 6 nitrogen and oxygen atoms in total. The van der Waals surface area contributed by atoms with E-state index >= 15 is 0 Å². The lowest BCUT2D eigenvalue weighted by Gasteiger charge is -2.20. The minimum atomic E-state index is -0.812. The van der Waals surface area contributed by atoms with Gasteiger partial charge in [0.1, 0.15) is 17.2 Å². The SMILES string of the molecule is C=C1CNCC(=O)OB(c2ccc(OCCc3ccccc3Oc3ccccc3)cc2)O1. The summed E-state index contributed by atoms with van der Waals surface area (Å²) in [7, 11) is -0.812. The van der Waals surface area contributed by atoms with Crippen LogP contribution in [0.15, 0.2) is 91.2 Å². The maximum absolute atomic E-state index is 11.8. The topological polar surface area (TPSA) is 66.0 Å². The number of nitrogens with one attached hydrogen (secondary N) is 1. The Hall–Kier alpha value is -3.71. The maximum atomic E-state index is 11.8. The molecule has 0 aromatic heterocycles. The molecule has 3 aromatic carbocycles.